The first-order valence-electron chi connectivity index (χ1n) is 11.0. The van der Waals surface area contributed by atoms with Crippen LogP contribution in [0.2, 0.25) is 0 Å². The van der Waals surface area contributed by atoms with Crippen molar-refractivity contribution < 1.29 is 19.1 Å². The number of amides is 3. The van der Waals surface area contributed by atoms with Crippen LogP contribution in [0.4, 0.5) is 0 Å². The molecular weight excluding hydrogens is 396 g/mol. The van der Waals surface area contributed by atoms with Crippen LogP contribution in [0.3, 0.4) is 0 Å². The summed E-state index contributed by atoms with van der Waals surface area (Å²) in [7, 11) is 1.64. The maximum absolute atomic E-state index is 13.1. The summed E-state index contributed by atoms with van der Waals surface area (Å²) < 4.78 is 4.97. The van der Waals surface area contributed by atoms with Gasteiger partial charge in [0.1, 0.15) is 6.04 Å². The summed E-state index contributed by atoms with van der Waals surface area (Å²) in [6.45, 7) is 9.73. The second-order valence-corrected chi connectivity index (χ2v) is 8.36. The number of carbonyl (C=O) groups is 3. The Morgan fingerprint density at radius 1 is 1.06 bits per heavy atom. The van der Waals surface area contributed by atoms with Gasteiger partial charge in [-0.2, -0.15) is 0 Å². The highest BCUT2D eigenvalue weighted by Crippen LogP contribution is 2.11. The Kier molecular flexibility index (Phi) is 9.94. The third-order valence-electron chi connectivity index (χ3n) is 5.43. The number of carbonyl (C=O) groups excluding carboxylic acids is 3. The smallest absolute Gasteiger partial charge is 0.251 e. The summed E-state index contributed by atoms with van der Waals surface area (Å²) in [5.74, 6) is -0.353. The predicted octanol–water partition coefficient (Wildman–Crippen LogP) is 1.05. The molecule has 0 aromatic heterocycles. The molecule has 1 fully saturated rings. The van der Waals surface area contributed by atoms with Crippen molar-refractivity contribution in [2.24, 2.45) is 5.92 Å². The Balaban J connectivity index is 1.83. The summed E-state index contributed by atoms with van der Waals surface area (Å²) in [5.41, 5.74) is 1.62. The molecule has 1 saturated heterocycles. The van der Waals surface area contributed by atoms with E-state index in [9.17, 15) is 14.4 Å². The fourth-order valence-corrected chi connectivity index (χ4v) is 3.47. The third kappa shape index (κ3) is 7.95. The van der Waals surface area contributed by atoms with E-state index >= 15 is 0 Å². The van der Waals surface area contributed by atoms with Crippen molar-refractivity contribution >= 4 is 17.7 Å². The zero-order chi connectivity index (χ0) is 22.8. The molecule has 172 valence electrons. The van der Waals surface area contributed by atoms with Crippen LogP contribution in [0.5, 0.6) is 0 Å². The lowest BCUT2D eigenvalue weighted by molar-refractivity contribution is -0.136. The molecule has 8 nitrogen and oxygen atoms in total. The maximum Gasteiger partial charge on any atom is 0.251 e. The van der Waals surface area contributed by atoms with Gasteiger partial charge < -0.3 is 20.3 Å². The van der Waals surface area contributed by atoms with Crippen LogP contribution < -0.4 is 10.6 Å². The molecule has 1 aromatic carbocycles. The van der Waals surface area contributed by atoms with Crippen molar-refractivity contribution in [1.29, 1.82) is 0 Å². The molecule has 8 heteroatoms. The molecule has 2 N–H and O–H groups in total. The number of hydrogen-bond donors (Lipinski definition) is 2. The molecule has 1 aliphatic rings. The predicted molar refractivity (Wildman–Crippen MR) is 120 cm³/mol. The van der Waals surface area contributed by atoms with E-state index < -0.39 is 6.04 Å². The number of ether oxygens (including phenoxy) is 1. The molecule has 3 amide bonds. The molecule has 0 aliphatic carbocycles. The number of piperazine rings is 1. The molecule has 0 spiro atoms. The number of hydrogen-bond acceptors (Lipinski definition) is 5. The van der Waals surface area contributed by atoms with Gasteiger partial charge in [-0.1, -0.05) is 31.5 Å². The van der Waals surface area contributed by atoms with E-state index in [0.29, 0.717) is 51.4 Å². The molecule has 1 atom stereocenters. The van der Waals surface area contributed by atoms with Gasteiger partial charge in [-0.15, -0.1) is 0 Å². The van der Waals surface area contributed by atoms with Crippen molar-refractivity contribution in [2.75, 3.05) is 53.0 Å². The lowest BCUT2D eigenvalue weighted by atomic mass is 10.0. The summed E-state index contributed by atoms with van der Waals surface area (Å²) in [5, 5.41) is 5.79. The van der Waals surface area contributed by atoms with Crippen molar-refractivity contribution in [3.63, 3.8) is 0 Å². The number of aryl methyl sites for hydroxylation is 1. The quantitative estimate of drug-likeness (QED) is 0.539. The number of nitrogens with one attached hydrogen (secondary N) is 2. The normalized spacial score (nSPS) is 15.6. The van der Waals surface area contributed by atoms with Gasteiger partial charge in [-0.3, -0.25) is 19.3 Å². The molecule has 0 saturated carbocycles. The van der Waals surface area contributed by atoms with Gasteiger partial charge in [0.05, 0.1) is 6.54 Å². The second-order valence-electron chi connectivity index (χ2n) is 8.36. The van der Waals surface area contributed by atoms with E-state index in [1.807, 2.05) is 37.8 Å². The Morgan fingerprint density at radius 2 is 1.71 bits per heavy atom. The minimum Gasteiger partial charge on any atom is -0.385 e. The van der Waals surface area contributed by atoms with Gasteiger partial charge in [0.2, 0.25) is 11.8 Å². The maximum atomic E-state index is 13.1. The van der Waals surface area contributed by atoms with Crippen LogP contribution in [0.1, 0.15) is 36.2 Å². The first-order chi connectivity index (χ1) is 14.8. The standard InChI is InChI=1S/C23H36N4O4/c1-17(2)21(25-22(29)19-8-6-18(3)7-9-19)23(30)27-13-11-26(12-14-27)16-20(28)24-10-5-15-31-4/h6-9,17,21H,5,10-16H2,1-4H3,(H,24,28)(H,25,29). The molecule has 1 aliphatic heterocycles. The fourth-order valence-electron chi connectivity index (χ4n) is 3.47. The SMILES string of the molecule is COCCCNC(=O)CN1CCN(C(=O)C(NC(=O)c2ccc(C)cc2)C(C)C)CC1. The highest BCUT2D eigenvalue weighted by atomic mass is 16.5. The van der Waals surface area contributed by atoms with Gasteiger partial charge in [0.15, 0.2) is 0 Å². The van der Waals surface area contributed by atoms with Crippen molar-refractivity contribution in [2.45, 2.75) is 33.2 Å². The van der Waals surface area contributed by atoms with Crippen LogP contribution in [-0.4, -0.2) is 86.5 Å². The van der Waals surface area contributed by atoms with E-state index in [-0.39, 0.29) is 23.6 Å². The van der Waals surface area contributed by atoms with Crippen molar-refractivity contribution in [3.8, 4) is 0 Å². The van der Waals surface area contributed by atoms with Gasteiger partial charge in [0.25, 0.3) is 5.91 Å². The average Bonchev–Trinajstić information content (AvgIpc) is 2.75. The first kappa shape index (κ1) is 24.8. The minimum atomic E-state index is -0.579. The highest BCUT2D eigenvalue weighted by molar-refractivity contribution is 5.97. The van der Waals surface area contributed by atoms with Crippen LogP contribution in [-0.2, 0) is 14.3 Å². The highest BCUT2D eigenvalue weighted by Gasteiger charge is 2.31. The average molecular weight is 433 g/mol. The van der Waals surface area contributed by atoms with Crippen molar-refractivity contribution in [3.05, 3.63) is 35.4 Å². The van der Waals surface area contributed by atoms with Gasteiger partial charge in [-0.05, 0) is 31.4 Å². The number of benzene rings is 1. The van der Waals surface area contributed by atoms with Gasteiger partial charge in [-0.25, -0.2) is 0 Å². The summed E-state index contributed by atoms with van der Waals surface area (Å²) >= 11 is 0. The van der Waals surface area contributed by atoms with Gasteiger partial charge in [0, 0.05) is 52.0 Å². The van der Waals surface area contributed by atoms with Crippen molar-refractivity contribution in [1.82, 2.24) is 20.4 Å². The van der Waals surface area contributed by atoms with Crippen LogP contribution in [0, 0.1) is 12.8 Å². The first-order valence-corrected chi connectivity index (χ1v) is 11.0. The van der Waals surface area contributed by atoms with E-state index in [1.165, 1.54) is 0 Å². The molecule has 31 heavy (non-hydrogen) atoms. The second kappa shape index (κ2) is 12.4. The summed E-state index contributed by atoms with van der Waals surface area (Å²) in [4.78, 5) is 41.6. The molecule has 2 rings (SSSR count). The molecular formula is C23H36N4O4. The molecule has 0 radical (unpaired) electrons. The number of nitrogens with zero attached hydrogens (tertiary/aromatic N) is 2. The molecule has 1 aromatic rings. The van der Waals surface area contributed by atoms with Crippen LogP contribution in [0.25, 0.3) is 0 Å². The molecule has 1 unspecified atom stereocenters. The largest absolute Gasteiger partial charge is 0.385 e. The summed E-state index contributed by atoms with van der Waals surface area (Å²) in [6, 6.07) is 6.73. The minimum absolute atomic E-state index is 0.0127. The zero-order valence-corrected chi connectivity index (χ0v) is 19.1. The van der Waals surface area contributed by atoms with E-state index in [2.05, 4.69) is 10.6 Å². The Morgan fingerprint density at radius 3 is 2.29 bits per heavy atom. The lowest BCUT2D eigenvalue weighted by Crippen LogP contribution is -2.57. The molecule has 0 bridgehead atoms. The Labute approximate surface area is 185 Å². The fraction of sp³-hybridized carbons (Fsp3) is 0.609. The Bertz CT molecular complexity index is 728. The Hall–Kier alpha value is -2.45. The summed E-state index contributed by atoms with van der Waals surface area (Å²) in [6.07, 6.45) is 0.787. The lowest BCUT2D eigenvalue weighted by Gasteiger charge is -2.37. The van der Waals surface area contributed by atoms with E-state index in [0.717, 1.165) is 12.0 Å². The van der Waals surface area contributed by atoms with E-state index in [4.69, 9.17) is 4.74 Å². The monoisotopic (exact) mass is 432 g/mol. The van der Waals surface area contributed by atoms with E-state index in [1.54, 1.807) is 24.1 Å². The molecule has 1 heterocycles. The van der Waals surface area contributed by atoms with Gasteiger partial charge >= 0.3 is 0 Å². The van der Waals surface area contributed by atoms with Crippen LogP contribution in [0.15, 0.2) is 24.3 Å². The van der Waals surface area contributed by atoms with Crippen LogP contribution >= 0.6 is 0 Å². The third-order valence-corrected chi connectivity index (χ3v) is 5.43. The number of methoxy groups -OCH3 is 1. The number of rotatable bonds is 10. The zero-order valence-electron chi connectivity index (χ0n) is 19.1. The topological polar surface area (TPSA) is 91.0 Å².